The van der Waals surface area contributed by atoms with Crippen LogP contribution in [0, 0.1) is 0 Å². The summed E-state index contributed by atoms with van der Waals surface area (Å²) in [6.07, 6.45) is 2.77. The largest absolute Gasteiger partial charge is 0.480 e. The molecule has 0 unspecified atom stereocenters. The zero-order chi connectivity index (χ0) is 14.4. The van der Waals surface area contributed by atoms with Gasteiger partial charge in [0.2, 0.25) is 0 Å². The smallest absolute Gasteiger partial charge is 0.329 e. The summed E-state index contributed by atoms with van der Waals surface area (Å²) in [6.45, 7) is 3.51. The average molecular weight is 301 g/mol. The van der Waals surface area contributed by atoms with Crippen LogP contribution in [-0.4, -0.2) is 65.2 Å². The Morgan fingerprint density at radius 1 is 1.20 bits per heavy atom. The molecule has 2 fully saturated rings. The van der Waals surface area contributed by atoms with Crippen LogP contribution in [0.25, 0.3) is 0 Å². The Bertz CT molecular complexity index is 353. The minimum Gasteiger partial charge on any atom is -0.480 e. The Morgan fingerprint density at radius 2 is 1.85 bits per heavy atom. The molecule has 1 aliphatic carbocycles. The Labute approximate surface area is 123 Å². The summed E-state index contributed by atoms with van der Waals surface area (Å²) in [6, 6.07) is -0.360. The van der Waals surface area contributed by atoms with Gasteiger partial charge in [-0.3, -0.25) is 4.90 Å². The van der Waals surface area contributed by atoms with Gasteiger partial charge in [-0.1, -0.05) is 12.8 Å². The number of carboxylic acid groups (broad SMARTS) is 1. The van der Waals surface area contributed by atoms with E-state index >= 15 is 0 Å². The quantitative estimate of drug-likeness (QED) is 0.697. The maximum atomic E-state index is 11.8. The summed E-state index contributed by atoms with van der Waals surface area (Å²) < 4.78 is 0. The van der Waals surface area contributed by atoms with E-state index in [9.17, 15) is 14.7 Å². The monoisotopic (exact) mass is 301 g/mol. The van der Waals surface area contributed by atoms with Gasteiger partial charge in [-0.2, -0.15) is 11.8 Å². The molecule has 1 saturated carbocycles. The van der Waals surface area contributed by atoms with Gasteiger partial charge in [-0.05, 0) is 12.8 Å². The molecule has 2 aliphatic rings. The zero-order valence-electron chi connectivity index (χ0n) is 11.7. The number of thioether (sulfide) groups is 1. The van der Waals surface area contributed by atoms with Crippen molar-refractivity contribution in [3.05, 3.63) is 0 Å². The van der Waals surface area contributed by atoms with Crippen LogP contribution in [-0.2, 0) is 4.79 Å². The van der Waals surface area contributed by atoms with Crippen LogP contribution in [0.15, 0.2) is 0 Å². The molecule has 2 rings (SSSR count). The number of hydrogen-bond donors (Lipinski definition) is 3. The normalized spacial score (nSPS) is 22.4. The van der Waals surface area contributed by atoms with E-state index in [1.54, 1.807) is 0 Å². The highest BCUT2D eigenvalue weighted by atomic mass is 32.2. The predicted octanol–water partition coefficient (Wildman–Crippen LogP) is 0.732. The highest BCUT2D eigenvalue weighted by molar-refractivity contribution is 7.99. The van der Waals surface area contributed by atoms with Crippen LogP contribution in [0.4, 0.5) is 4.79 Å². The van der Waals surface area contributed by atoms with Crippen LogP contribution in [0.2, 0.25) is 0 Å². The van der Waals surface area contributed by atoms with E-state index in [1.807, 2.05) is 11.8 Å². The number of carbonyl (C=O) groups is 2. The lowest BCUT2D eigenvalue weighted by molar-refractivity contribution is -0.144. The molecule has 0 radical (unpaired) electrons. The molecule has 1 heterocycles. The lowest BCUT2D eigenvalue weighted by atomic mass is 9.98. The number of urea groups is 1. The van der Waals surface area contributed by atoms with E-state index in [0.29, 0.717) is 19.4 Å². The van der Waals surface area contributed by atoms with Crippen LogP contribution in [0.5, 0.6) is 0 Å². The molecule has 1 aliphatic heterocycles. The van der Waals surface area contributed by atoms with Gasteiger partial charge in [0.15, 0.2) is 0 Å². The van der Waals surface area contributed by atoms with Crippen LogP contribution in [0.1, 0.15) is 25.7 Å². The number of amides is 2. The number of nitrogens with one attached hydrogen (secondary N) is 2. The highest BCUT2D eigenvalue weighted by Crippen LogP contribution is 2.29. The van der Waals surface area contributed by atoms with Crippen LogP contribution in [0.3, 0.4) is 0 Å². The third-order valence-electron chi connectivity index (χ3n) is 4.04. The molecule has 20 heavy (non-hydrogen) atoms. The SMILES string of the molecule is O=C(NCCN1CCSCC1)NC1(C(=O)O)CCCC1. The molecular formula is C13H23N3O3S. The number of rotatable bonds is 5. The molecule has 0 atom stereocenters. The van der Waals surface area contributed by atoms with E-state index < -0.39 is 11.5 Å². The van der Waals surface area contributed by atoms with Gasteiger partial charge in [0.1, 0.15) is 5.54 Å². The van der Waals surface area contributed by atoms with Crippen molar-refractivity contribution in [2.24, 2.45) is 0 Å². The fourth-order valence-corrected chi connectivity index (χ4v) is 3.76. The number of nitrogens with zero attached hydrogens (tertiary/aromatic N) is 1. The Balaban J connectivity index is 1.70. The molecule has 0 aromatic heterocycles. The van der Waals surface area contributed by atoms with E-state index in [-0.39, 0.29) is 6.03 Å². The number of carboxylic acids is 1. The fourth-order valence-electron chi connectivity index (χ4n) is 2.78. The van der Waals surface area contributed by atoms with Gasteiger partial charge in [0, 0.05) is 37.7 Å². The topological polar surface area (TPSA) is 81.7 Å². The van der Waals surface area contributed by atoms with E-state index in [4.69, 9.17) is 0 Å². The molecule has 1 saturated heterocycles. The van der Waals surface area contributed by atoms with Crippen molar-refractivity contribution in [1.82, 2.24) is 15.5 Å². The van der Waals surface area contributed by atoms with Crippen molar-refractivity contribution in [3.8, 4) is 0 Å². The fraction of sp³-hybridized carbons (Fsp3) is 0.846. The van der Waals surface area contributed by atoms with Gasteiger partial charge < -0.3 is 15.7 Å². The summed E-state index contributed by atoms with van der Waals surface area (Å²) in [5.74, 6) is 1.38. The lowest BCUT2D eigenvalue weighted by Gasteiger charge is -2.27. The lowest BCUT2D eigenvalue weighted by Crippen LogP contribution is -2.56. The third kappa shape index (κ3) is 4.02. The molecular weight excluding hydrogens is 278 g/mol. The van der Waals surface area contributed by atoms with Gasteiger partial charge in [-0.25, -0.2) is 9.59 Å². The summed E-state index contributed by atoms with van der Waals surface area (Å²) >= 11 is 1.96. The predicted molar refractivity (Wildman–Crippen MR) is 79.1 cm³/mol. The zero-order valence-corrected chi connectivity index (χ0v) is 12.5. The third-order valence-corrected chi connectivity index (χ3v) is 4.98. The standard InChI is InChI=1S/C13H23N3O3S/c17-11(18)13(3-1-2-4-13)15-12(19)14-5-6-16-7-9-20-10-8-16/h1-10H2,(H,17,18)(H2,14,15,19). The van der Waals surface area contributed by atoms with E-state index in [1.165, 1.54) is 0 Å². The van der Waals surface area contributed by atoms with Crippen molar-refractivity contribution < 1.29 is 14.7 Å². The first-order valence-electron chi connectivity index (χ1n) is 7.22. The number of carbonyl (C=O) groups excluding carboxylic acids is 1. The maximum absolute atomic E-state index is 11.8. The molecule has 3 N–H and O–H groups in total. The summed E-state index contributed by atoms with van der Waals surface area (Å²) in [5, 5.41) is 14.7. The molecule has 0 aromatic rings. The second-order valence-electron chi connectivity index (χ2n) is 5.43. The van der Waals surface area contributed by atoms with Gasteiger partial charge in [0.25, 0.3) is 0 Å². The molecule has 0 bridgehead atoms. The summed E-state index contributed by atoms with van der Waals surface area (Å²) in [5.41, 5.74) is -1.05. The molecule has 0 spiro atoms. The highest BCUT2D eigenvalue weighted by Gasteiger charge is 2.42. The second-order valence-corrected chi connectivity index (χ2v) is 6.65. The van der Waals surface area contributed by atoms with Crippen molar-refractivity contribution in [2.75, 3.05) is 37.7 Å². The van der Waals surface area contributed by atoms with E-state index in [0.717, 1.165) is 44.0 Å². The van der Waals surface area contributed by atoms with Crippen molar-refractivity contribution >= 4 is 23.8 Å². The Hall–Kier alpha value is -0.950. The second kappa shape index (κ2) is 7.17. The van der Waals surface area contributed by atoms with Gasteiger partial charge in [-0.15, -0.1) is 0 Å². The van der Waals surface area contributed by atoms with Gasteiger partial charge >= 0.3 is 12.0 Å². The Morgan fingerprint density at radius 3 is 2.45 bits per heavy atom. The minimum atomic E-state index is -1.05. The number of aliphatic carboxylic acids is 1. The van der Waals surface area contributed by atoms with Crippen molar-refractivity contribution in [3.63, 3.8) is 0 Å². The number of hydrogen-bond acceptors (Lipinski definition) is 4. The molecule has 0 aromatic carbocycles. The first-order valence-corrected chi connectivity index (χ1v) is 8.37. The van der Waals surface area contributed by atoms with Crippen LogP contribution >= 0.6 is 11.8 Å². The van der Waals surface area contributed by atoms with Crippen molar-refractivity contribution in [1.29, 1.82) is 0 Å². The summed E-state index contributed by atoms with van der Waals surface area (Å²) in [4.78, 5) is 25.5. The summed E-state index contributed by atoms with van der Waals surface area (Å²) in [7, 11) is 0. The van der Waals surface area contributed by atoms with Crippen LogP contribution < -0.4 is 10.6 Å². The molecule has 7 heteroatoms. The minimum absolute atomic E-state index is 0.360. The first-order chi connectivity index (χ1) is 9.62. The average Bonchev–Trinajstić information content (AvgIpc) is 2.90. The molecule has 114 valence electrons. The van der Waals surface area contributed by atoms with Gasteiger partial charge in [0.05, 0.1) is 0 Å². The van der Waals surface area contributed by atoms with Crippen molar-refractivity contribution in [2.45, 2.75) is 31.2 Å². The maximum Gasteiger partial charge on any atom is 0.329 e. The Kier molecular flexibility index (Phi) is 5.54. The first kappa shape index (κ1) is 15.4. The molecule has 6 nitrogen and oxygen atoms in total. The molecule has 2 amide bonds. The van der Waals surface area contributed by atoms with E-state index in [2.05, 4.69) is 15.5 Å².